The molecule has 2 nitrogen and oxygen atoms in total. The van der Waals surface area contributed by atoms with Gasteiger partial charge in [0, 0.05) is 12.8 Å². The number of hydrogen-bond acceptors (Lipinski definition) is 2. The van der Waals surface area contributed by atoms with E-state index in [1.54, 1.807) is 6.07 Å². The lowest BCUT2D eigenvalue weighted by molar-refractivity contribution is -0.126. The average molecular weight is 334 g/mol. The molecule has 2 aliphatic carbocycles. The molecule has 1 N–H and O–H groups in total. The minimum atomic E-state index is 0.187. The van der Waals surface area contributed by atoms with Crippen LogP contribution in [0.5, 0.6) is 5.75 Å². The van der Waals surface area contributed by atoms with Crippen LogP contribution in [-0.4, -0.2) is 10.9 Å². The standard InChI is InChI=1S/C23H26O2/c1-23-12-11-17-13-19(24)9-10-21(17)22(23)15-20(25)14-18(23)8-7-16-5-3-2-4-6-16/h2-6,9-10,13,18,22,24H,7-8,11-12,14-15H2,1H3/t18-,22+,23-/m0/s1. The number of carbonyl (C=O) groups excluding carboxylic acids is 1. The summed E-state index contributed by atoms with van der Waals surface area (Å²) in [5, 5.41) is 9.80. The molecule has 130 valence electrons. The number of carbonyl (C=O) groups is 1. The number of fused-ring (bicyclic) bond motifs is 3. The van der Waals surface area contributed by atoms with Crippen LogP contribution in [0.3, 0.4) is 0 Å². The maximum absolute atomic E-state index is 12.5. The van der Waals surface area contributed by atoms with E-state index >= 15 is 0 Å². The highest BCUT2D eigenvalue weighted by molar-refractivity contribution is 5.81. The van der Waals surface area contributed by atoms with Crippen molar-refractivity contribution in [2.24, 2.45) is 11.3 Å². The fraction of sp³-hybridized carbons (Fsp3) is 0.435. The molecule has 0 aromatic heterocycles. The molecule has 0 saturated heterocycles. The van der Waals surface area contributed by atoms with Gasteiger partial charge in [0.05, 0.1) is 0 Å². The van der Waals surface area contributed by atoms with E-state index < -0.39 is 0 Å². The molecular formula is C23H26O2. The lowest BCUT2D eigenvalue weighted by atomic mass is 9.53. The first-order chi connectivity index (χ1) is 12.1. The smallest absolute Gasteiger partial charge is 0.133 e. The second-order valence-corrected chi connectivity index (χ2v) is 8.11. The van der Waals surface area contributed by atoms with E-state index in [1.165, 1.54) is 16.7 Å². The summed E-state index contributed by atoms with van der Waals surface area (Å²) in [7, 11) is 0. The van der Waals surface area contributed by atoms with Crippen molar-refractivity contribution in [1.29, 1.82) is 0 Å². The van der Waals surface area contributed by atoms with Crippen molar-refractivity contribution in [3.05, 3.63) is 65.2 Å². The number of aromatic hydroxyl groups is 1. The third-order valence-electron chi connectivity index (χ3n) is 6.69. The first-order valence-electron chi connectivity index (χ1n) is 9.43. The fourth-order valence-electron chi connectivity index (χ4n) is 5.15. The Morgan fingerprint density at radius 2 is 1.92 bits per heavy atom. The van der Waals surface area contributed by atoms with Gasteiger partial charge in [-0.25, -0.2) is 0 Å². The Bertz CT molecular complexity index is 780. The van der Waals surface area contributed by atoms with Gasteiger partial charge in [-0.3, -0.25) is 4.79 Å². The van der Waals surface area contributed by atoms with E-state index in [9.17, 15) is 9.90 Å². The predicted octanol–water partition coefficient (Wildman–Crippen LogP) is 5.04. The van der Waals surface area contributed by atoms with Crippen LogP contribution in [0.1, 0.15) is 55.2 Å². The van der Waals surface area contributed by atoms with Gasteiger partial charge in [-0.15, -0.1) is 0 Å². The Hall–Kier alpha value is -2.09. The van der Waals surface area contributed by atoms with Crippen LogP contribution in [0, 0.1) is 11.3 Å². The van der Waals surface area contributed by atoms with E-state index in [-0.39, 0.29) is 5.41 Å². The van der Waals surface area contributed by atoms with Gasteiger partial charge in [0.25, 0.3) is 0 Å². The van der Waals surface area contributed by atoms with Crippen LogP contribution < -0.4 is 0 Å². The highest BCUT2D eigenvalue weighted by Crippen LogP contribution is 2.56. The maximum atomic E-state index is 12.5. The molecule has 1 saturated carbocycles. The SMILES string of the molecule is C[C@@]12CCc3cc(O)ccc3[C@H]1CC(=O)C[C@@H]2CCc1ccccc1. The molecule has 2 aromatic carbocycles. The zero-order valence-corrected chi connectivity index (χ0v) is 14.9. The van der Waals surface area contributed by atoms with Gasteiger partial charge in [0.15, 0.2) is 0 Å². The molecule has 0 amide bonds. The molecule has 25 heavy (non-hydrogen) atoms. The van der Waals surface area contributed by atoms with Gasteiger partial charge in [0.1, 0.15) is 11.5 Å². The Kier molecular flexibility index (Phi) is 4.15. The number of Topliss-reactive ketones (excluding diaryl/α,β-unsaturated/α-hetero) is 1. The summed E-state index contributed by atoms with van der Waals surface area (Å²) in [6, 6.07) is 16.3. The third-order valence-corrected chi connectivity index (χ3v) is 6.69. The van der Waals surface area contributed by atoms with Gasteiger partial charge in [-0.05, 0) is 71.8 Å². The second kappa shape index (κ2) is 6.33. The number of phenols is 1. The molecule has 2 aliphatic rings. The van der Waals surface area contributed by atoms with Crippen molar-refractivity contribution in [3.63, 3.8) is 0 Å². The van der Waals surface area contributed by atoms with Crippen molar-refractivity contribution in [3.8, 4) is 5.75 Å². The largest absolute Gasteiger partial charge is 0.508 e. The first kappa shape index (κ1) is 16.4. The van der Waals surface area contributed by atoms with Gasteiger partial charge in [-0.2, -0.15) is 0 Å². The van der Waals surface area contributed by atoms with Gasteiger partial charge >= 0.3 is 0 Å². The zero-order chi connectivity index (χ0) is 17.4. The lowest BCUT2D eigenvalue weighted by Crippen LogP contribution is -2.43. The molecule has 0 spiro atoms. The third kappa shape index (κ3) is 2.99. The summed E-state index contributed by atoms with van der Waals surface area (Å²) in [6.45, 7) is 2.40. The highest BCUT2D eigenvalue weighted by atomic mass is 16.3. The summed E-state index contributed by atoms with van der Waals surface area (Å²) in [6.07, 6.45) is 5.64. The van der Waals surface area contributed by atoms with Crippen LogP contribution in [0.15, 0.2) is 48.5 Å². The zero-order valence-electron chi connectivity index (χ0n) is 14.9. The summed E-state index contributed by atoms with van der Waals surface area (Å²) >= 11 is 0. The van der Waals surface area contributed by atoms with Crippen molar-refractivity contribution < 1.29 is 9.90 Å². The van der Waals surface area contributed by atoms with Crippen molar-refractivity contribution in [1.82, 2.24) is 0 Å². The Labute approximate surface area is 149 Å². The molecule has 0 radical (unpaired) electrons. The number of benzene rings is 2. The minimum Gasteiger partial charge on any atom is -0.508 e. The van der Waals surface area contributed by atoms with Crippen LogP contribution in [-0.2, 0) is 17.6 Å². The molecular weight excluding hydrogens is 308 g/mol. The first-order valence-corrected chi connectivity index (χ1v) is 9.43. The molecule has 2 heteroatoms. The van der Waals surface area contributed by atoms with Crippen LogP contribution >= 0.6 is 0 Å². The monoisotopic (exact) mass is 334 g/mol. The maximum Gasteiger partial charge on any atom is 0.133 e. The molecule has 0 bridgehead atoms. The minimum absolute atomic E-state index is 0.187. The summed E-state index contributed by atoms with van der Waals surface area (Å²) in [5.74, 6) is 1.49. The van der Waals surface area contributed by atoms with Crippen molar-refractivity contribution >= 4 is 5.78 Å². The molecule has 4 rings (SSSR count). The van der Waals surface area contributed by atoms with E-state index in [0.717, 1.165) is 32.1 Å². The Morgan fingerprint density at radius 3 is 2.72 bits per heavy atom. The normalized spacial score (nSPS) is 28.3. The quantitative estimate of drug-likeness (QED) is 0.854. The Balaban J connectivity index is 1.61. The van der Waals surface area contributed by atoms with Crippen molar-refractivity contribution in [2.45, 2.75) is 51.4 Å². The van der Waals surface area contributed by atoms with E-state index in [4.69, 9.17) is 0 Å². The number of aryl methyl sites for hydroxylation is 2. The Morgan fingerprint density at radius 1 is 1.12 bits per heavy atom. The molecule has 0 heterocycles. The molecule has 3 atom stereocenters. The number of rotatable bonds is 3. The van der Waals surface area contributed by atoms with E-state index in [0.29, 0.717) is 29.8 Å². The van der Waals surface area contributed by atoms with Gasteiger partial charge in [-0.1, -0.05) is 43.3 Å². The molecule has 0 unspecified atom stereocenters. The fourth-order valence-corrected chi connectivity index (χ4v) is 5.15. The predicted molar refractivity (Wildman–Crippen MR) is 99.8 cm³/mol. The van der Waals surface area contributed by atoms with Crippen LogP contribution in [0.4, 0.5) is 0 Å². The number of phenolic OH excluding ortho intramolecular Hbond substituents is 1. The molecule has 0 aliphatic heterocycles. The lowest BCUT2D eigenvalue weighted by Gasteiger charge is -2.51. The summed E-state index contributed by atoms with van der Waals surface area (Å²) in [5.41, 5.74) is 4.08. The topological polar surface area (TPSA) is 37.3 Å². The van der Waals surface area contributed by atoms with E-state index in [2.05, 4.69) is 43.3 Å². The number of hydrogen-bond donors (Lipinski definition) is 1. The van der Waals surface area contributed by atoms with Crippen LogP contribution in [0.25, 0.3) is 0 Å². The van der Waals surface area contributed by atoms with Crippen molar-refractivity contribution in [2.75, 3.05) is 0 Å². The summed E-state index contributed by atoms with van der Waals surface area (Å²) < 4.78 is 0. The summed E-state index contributed by atoms with van der Waals surface area (Å²) in [4.78, 5) is 12.5. The number of ketones is 1. The van der Waals surface area contributed by atoms with E-state index in [1.807, 2.05) is 6.07 Å². The second-order valence-electron chi connectivity index (χ2n) is 8.11. The van der Waals surface area contributed by atoms with Crippen LogP contribution in [0.2, 0.25) is 0 Å². The molecule has 1 fully saturated rings. The molecule has 2 aromatic rings. The highest BCUT2D eigenvalue weighted by Gasteiger charge is 2.48. The average Bonchev–Trinajstić information content (AvgIpc) is 2.61. The van der Waals surface area contributed by atoms with Gasteiger partial charge < -0.3 is 5.11 Å². The van der Waals surface area contributed by atoms with Gasteiger partial charge in [0.2, 0.25) is 0 Å².